The number of carbonyl (C=O) groups excluding carboxylic acids is 3. The van der Waals surface area contributed by atoms with E-state index in [1.54, 1.807) is 36.4 Å². The number of rotatable bonds is 3. The summed E-state index contributed by atoms with van der Waals surface area (Å²) < 4.78 is 5.15. The van der Waals surface area contributed by atoms with Crippen LogP contribution in [-0.2, 0) is 9.59 Å². The van der Waals surface area contributed by atoms with E-state index in [1.807, 2.05) is 19.9 Å². The molecule has 1 fully saturated rings. The highest BCUT2D eigenvalue weighted by Gasteiger charge is 2.36. The number of urea groups is 1. The topological polar surface area (TPSA) is 75.7 Å². The first-order valence-corrected chi connectivity index (χ1v) is 8.03. The summed E-state index contributed by atoms with van der Waals surface area (Å²) in [5.74, 6) is -0.778. The van der Waals surface area contributed by atoms with Gasteiger partial charge in [0.2, 0.25) is 0 Å². The Balaban J connectivity index is 2.04. The quantitative estimate of drug-likeness (QED) is 0.682. The third-order valence-corrected chi connectivity index (χ3v) is 3.97. The molecular weight excluding hydrogens is 332 g/mol. The Labute approximate surface area is 151 Å². The summed E-state index contributed by atoms with van der Waals surface area (Å²) in [6.45, 7) is 3.75. The van der Waals surface area contributed by atoms with Gasteiger partial charge >= 0.3 is 6.03 Å². The van der Waals surface area contributed by atoms with E-state index < -0.39 is 17.8 Å². The van der Waals surface area contributed by atoms with Gasteiger partial charge in [-0.3, -0.25) is 14.9 Å². The average Bonchev–Trinajstić information content (AvgIpc) is 2.58. The molecule has 1 aliphatic rings. The van der Waals surface area contributed by atoms with Crippen LogP contribution in [0.25, 0.3) is 6.08 Å². The predicted octanol–water partition coefficient (Wildman–Crippen LogP) is 2.98. The summed E-state index contributed by atoms with van der Waals surface area (Å²) in [6, 6.07) is 11.6. The van der Waals surface area contributed by atoms with Gasteiger partial charge in [0, 0.05) is 0 Å². The number of hydrogen-bond acceptors (Lipinski definition) is 4. The molecule has 0 spiro atoms. The van der Waals surface area contributed by atoms with Crippen LogP contribution >= 0.6 is 0 Å². The molecule has 0 aromatic heterocycles. The highest BCUT2D eigenvalue weighted by atomic mass is 16.5. The number of ether oxygens (including phenoxy) is 1. The van der Waals surface area contributed by atoms with Crippen LogP contribution in [0.4, 0.5) is 10.5 Å². The second-order valence-corrected chi connectivity index (χ2v) is 6.08. The fourth-order valence-electron chi connectivity index (χ4n) is 2.87. The Hall–Kier alpha value is -3.41. The zero-order valence-electron chi connectivity index (χ0n) is 14.7. The molecule has 2 aromatic carbocycles. The van der Waals surface area contributed by atoms with Gasteiger partial charge in [0.1, 0.15) is 11.3 Å². The Morgan fingerprint density at radius 2 is 1.69 bits per heavy atom. The van der Waals surface area contributed by atoms with Gasteiger partial charge in [0.05, 0.1) is 12.8 Å². The van der Waals surface area contributed by atoms with Crippen molar-refractivity contribution in [2.45, 2.75) is 13.8 Å². The molecule has 0 aliphatic carbocycles. The molecule has 0 bridgehead atoms. The van der Waals surface area contributed by atoms with Crippen LogP contribution in [0.2, 0.25) is 0 Å². The first-order chi connectivity index (χ1) is 12.4. The molecule has 4 amide bonds. The lowest BCUT2D eigenvalue weighted by Crippen LogP contribution is -2.54. The van der Waals surface area contributed by atoms with Crippen molar-refractivity contribution in [3.63, 3.8) is 0 Å². The minimum atomic E-state index is -0.757. The molecule has 0 atom stereocenters. The molecule has 1 heterocycles. The minimum Gasteiger partial charge on any atom is -0.497 e. The highest BCUT2D eigenvalue weighted by molar-refractivity contribution is 6.39. The molecule has 0 radical (unpaired) electrons. The van der Waals surface area contributed by atoms with Gasteiger partial charge in [-0.05, 0) is 60.9 Å². The molecule has 1 N–H and O–H groups in total. The summed E-state index contributed by atoms with van der Waals surface area (Å²) >= 11 is 0. The lowest BCUT2D eigenvalue weighted by molar-refractivity contribution is -0.122. The largest absolute Gasteiger partial charge is 0.497 e. The van der Waals surface area contributed by atoms with Crippen LogP contribution in [0, 0.1) is 13.8 Å². The number of nitrogens with one attached hydrogen (secondary N) is 1. The normalized spacial score (nSPS) is 16.0. The number of nitrogens with zero attached hydrogens (tertiary/aromatic N) is 1. The fraction of sp³-hybridized carbons (Fsp3) is 0.150. The summed E-state index contributed by atoms with van der Waals surface area (Å²) in [6.07, 6.45) is 1.45. The van der Waals surface area contributed by atoms with E-state index >= 15 is 0 Å². The van der Waals surface area contributed by atoms with E-state index in [4.69, 9.17) is 4.74 Å². The number of imide groups is 2. The summed E-state index contributed by atoms with van der Waals surface area (Å²) in [4.78, 5) is 38.3. The number of barbiturate groups is 1. The Morgan fingerprint density at radius 3 is 2.35 bits per heavy atom. The number of anilines is 1. The standard InChI is InChI=1S/C20H18N2O4/c1-12-7-13(2)9-15(8-12)22-19(24)17(18(23)21-20(22)25)11-14-5-4-6-16(10-14)26-3/h4-11H,1-3H3,(H,21,23,25)/b17-11+. The SMILES string of the molecule is COc1cccc(/C=C2\C(=O)NC(=O)N(c3cc(C)cc(C)c3)C2=O)c1. The van der Waals surface area contributed by atoms with Crippen LogP contribution in [0.15, 0.2) is 48.0 Å². The maximum absolute atomic E-state index is 12.9. The van der Waals surface area contributed by atoms with Crippen molar-refractivity contribution >= 4 is 29.6 Å². The highest BCUT2D eigenvalue weighted by Crippen LogP contribution is 2.24. The van der Waals surface area contributed by atoms with Crippen molar-refractivity contribution in [2.24, 2.45) is 0 Å². The molecule has 2 aromatic rings. The maximum Gasteiger partial charge on any atom is 0.335 e. The number of methoxy groups -OCH3 is 1. The zero-order chi connectivity index (χ0) is 18.8. The molecule has 26 heavy (non-hydrogen) atoms. The van der Waals surface area contributed by atoms with E-state index in [9.17, 15) is 14.4 Å². The molecule has 6 nitrogen and oxygen atoms in total. The molecular formula is C20H18N2O4. The number of amides is 4. The smallest absolute Gasteiger partial charge is 0.335 e. The van der Waals surface area contributed by atoms with Crippen LogP contribution in [0.5, 0.6) is 5.75 Å². The van der Waals surface area contributed by atoms with E-state index in [-0.39, 0.29) is 5.57 Å². The first-order valence-electron chi connectivity index (χ1n) is 8.03. The monoisotopic (exact) mass is 350 g/mol. The zero-order valence-corrected chi connectivity index (χ0v) is 14.7. The molecule has 6 heteroatoms. The molecule has 1 saturated heterocycles. The third-order valence-electron chi connectivity index (χ3n) is 3.97. The van der Waals surface area contributed by atoms with Crippen LogP contribution < -0.4 is 15.0 Å². The van der Waals surface area contributed by atoms with E-state index in [2.05, 4.69) is 5.32 Å². The van der Waals surface area contributed by atoms with Crippen LogP contribution in [0.3, 0.4) is 0 Å². The third kappa shape index (κ3) is 3.35. The summed E-state index contributed by atoms with van der Waals surface area (Å²) in [5.41, 5.74) is 2.76. The van der Waals surface area contributed by atoms with Gasteiger partial charge in [-0.25, -0.2) is 9.69 Å². The average molecular weight is 350 g/mol. The van der Waals surface area contributed by atoms with Crippen LogP contribution in [0.1, 0.15) is 16.7 Å². The van der Waals surface area contributed by atoms with Crippen molar-refractivity contribution < 1.29 is 19.1 Å². The van der Waals surface area contributed by atoms with Crippen molar-refractivity contribution in [2.75, 3.05) is 12.0 Å². The summed E-state index contributed by atoms with van der Waals surface area (Å²) in [7, 11) is 1.53. The number of benzene rings is 2. The lowest BCUT2D eigenvalue weighted by Gasteiger charge is -2.27. The van der Waals surface area contributed by atoms with E-state index in [0.717, 1.165) is 16.0 Å². The lowest BCUT2D eigenvalue weighted by atomic mass is 10.1. The Morgan fingerprint density at radius 1 is 1.00 bits per heavy atom. The van der Waals surface area contributed by atoms with Gasteiger partial charge in [-0.15, -0.1) is 0 Å². The van der Waals surface area contributed by atoms with Gasteiger partial charge < -0.3 is 4.74 Å². The minimum absolute atomic E-state index is 0.114. The van der Waals surface area contributed by atoms with Crippen molar-refractivity contribution in [3.8, 4) is 5.75 Å². The van der Waals surface area contributed by atoms with Gasteiger partial charge in [0.15, 0.2) is 0 Å². The van der Waals surface area contributed by atoms with Crippen molar-refractivity contribution in [3.05, 3.63) is 64.7 Å². The van der Waals surface area contributed by atoms with Crippen molar-refractivity contribution in [1.29, 1.82) is 0 Å². The van der Waals surface area contributed by atoms with E-state index in [0.29, 0.717) is 17.0 Å². The first kappa shape index (κ1) is 17.4. The molecule has 0 saturated carbocycles. The van der Waals surface area contributed by atoms with Crippen molar-refractivity contribution in [1.82, 2.24) is 5.32 Å². The van der Waals surface area contributed by atoms with Crippen LogP contribution in [-0.4, -0.2) is 25.0 Å². The Kier molecular flexibility index (Phi) is 4.58. The predicted molar refractivity (Wildman–Crippen MR) is 97.9 cm³/mol. The molecule has 1 aliphatic heterocycles. The number of hydrogen-bond donors (Lipinski definition) is 1. The van der Waals surface area contributed by atoms with Gasteiger partial charge in [-0.2, -0.15) is 0 Å². The van der Waals surface area contributed by atoms with Gasteiger partial charge in [-0.1, -0.05) is 18.2 Å². The Bertz CT molecular complexity index is 926. The fourth-order valence-corrected chi connectivity index (χ4v) is 2.87. The second kappa shape index (κ2) is 6.84. The second-order valence-electron chi connectivity index (χ2n) is 6.08. The van der Waals surface area contributed by atoms with E-state index in [1.165, 1.54) is 13.2 Å². The maximum atomic E-state index is 12.9. The van der Waals surface area contributed by atoms with Gasteiger partial charge in [0.25, 0.3) is 11.8 Å². The molecule has 132 valence electrons. The molecule has 0 unspecified atom stereocenters. The molecule has 3 rings (SSSR count). The summed E-state index contributed by atoms with van der Waals surface area (Å²) in [5, 5.41) is 2.22. The number of aryl methyl sites for hydroxylation is 2. The number of carbonyl (C=O) groups is 3.